The minimum absolute atomic E-state index is 0.286. The summed E-state index contributed by atoms with van der Waals surface area (Å²) in [7, 11) is 0. The molecule has 0 spiro atoms. The summed E-state index contributed by atoms with van der Waals surface area (Å²) >= 11 is 0. The number of aliphatic hydroxyl groups is 1. The van der Waals surface area contributed by atoms with Gasteiger partial charge in [0.25, 0.3) is 0 Å². The second-order valence-corrected chi connectivity index (χ2v) is 10.2. The predicted molar refractivity (Wildman–Crippen MR) is 144 cm³/mol. The zero-order valence-electron chi connectivity index (χ0n) is 22.4. The fraction of sp³-hybridized carbons (Fsp3) is 0.900. The van der Waals surface area contributed by atoms with Crippen LogP contribution >= 0.6 is 0 Å². The average Bonchev–Trinajstić information content (AvgIpc) is 2.80. The van der Waals surface area contributed by atoms with Crippen molar-refractivity contribution in [3.63, 3.8) is 0 Å². The standard InChI is InChI=1S/C30H58O3/c1-3-5-7-9-11-13-15-17-19-21-23-25-29(31)27-26-28(30(32)33)24-22-20-18-16-14-12-10-8-6-4-2/h17,19,28-29,31H,3-16,18,20-27H2,1-2H3,(H,32,33)/b19-17-. The molecule has 2 unspecified atom stereocenters. The zero-order valence-corrected chi connectivity index (χ0v) is 22.4. The van der Waals surface area contributed by atoms with E-state index in [-0.39, 0.29) is 12.0 Å². The van der Waals surface area contributed by atoms with E-state index in [4.69, 9.17) is 0 Å². The van der Waals surface area contributed by atoms with Crippen LogP contribution in [0.4, 0.5) is 0 Å². The smallest absolute Gasteiger partial charge is 0.306 e. The number of carboxylic acid groups (broad SMARTS) is 1. The largest absolute Gasteiger partial charge is 0.481 e. The number of carboxylic acids is 1. The summed E-state index contributed by atoms with van der Waals surface area (Å²) in [5, 5.41) is 19.8. The van der Waals surface area contributed by atoms with E-state index in [1.165, 1.54) is 96.3 Å². The van der Waals surface area contributed by atoms with E-state index in [1.54, 1.807) is 0 Å². The molecule has 196 valence electrons. The summed E-state index contributed by atoms with van der Waals surface area (Å²) in [5.41, 5.74) is 0. The van der Waals surface area contributed by atoms with Crippen LogP contribution in [0.25, 0.3) is 0 Å². The monoisotopic (exact) mass is 466 g/mol. The highest BCUT2D eigenvalue weighted by Gasteiger charge is 2.18. The number of hydrogen-bond acceptors (Lipinski definition) is 2. The van der Waals surface area contributed by atoms with Crippen molar-refractivity contribution in [3.8, 4) is 0 Å². The number of rotatable bonds is 26. The van der Waals surface area contributed by atoms with Gasteiger partial charge in [-0.3, -0.25) is 4.79 Å². The highest BCUT2D eigenvalue weighted by Crippen LogP contribution is 2.20. The number of unbranched alkanes of at least 4 members (excludes halogenated alkanes) is 16. The zero-order chi connectivity index (χ0) is 24.4. The highest BCUT2D eigenvalue weighted by molar-refractivity contribution is 5.69. The van der Waals surface area contributed by atoms with Crippen LogP contribution in [-0.2, 0) is 4.79 Å². The van der Waals surface area contributed by atoms with Gasteiger partial charge in [0.2, 0.25) is 0 Å². The van der Waals surface area contributed by atoms with Crippen LogP contribution in [0, 0.1) is 5.92 Å². The van der Waals surface area contributed by atoms with Crippen molar-refractivity contribution in [2.45, 2.75) is 168 Å². The van der Waals surface area contributed by atoms with Crippen molar-refractivity contribution < 1.29 is 15.0 Å². The Hall–Kier alpha value is -0.830. The Labute approximate surface area is 206 Å². The van der Waals surface area contributed by atoms with E-state index < -0.39 is 5.97 Å². The third-order valence-electron chi connectivity index (χ3n) is 6.90. The van der Waals surface area contributed by atoms with Crippen molar-refractivity contribution in [2.75, 3.05) is 0 Å². The van der Waals surface area contributed by atoms with Gasteiger partial charge in [0.15, 0.2) is 0 Å². The minimum atomic E-state index is -0.684. The van der Waals surface area contributed by atoms with Gasteiger partial charge in [-0.25, -0.2) is 0 Å². The SMILES string of the molecule is CCCCCCCC/C=C\CCCC(O)CCC(CCCCCCCCCCCC)C(=O)O. The first-order valence-corrected chi connectivity index (χ1v) is 14.7. The lowest BCUT2D eigenvalue weighted by atomic mass is 9.93. The summed E-state index contributed by atoms with van der Waals surface area (Å²) in [6.07, 6.45) is 31.0. The second-order valence-electron chi connectivity index (χ2n) is 10.2. The molecule has 3 heteroatoms. The molecular formula is C30H58O3. The number of aliphatic carboxylic acids is 1. The van der Waals surface area contributed by atoms with Gasteiger partial charge < -0.3 is 10.2 Å². The molecule has 2 N–H and O–H groups in total. The lowest BCUT2D eigenvalue weighted by Crippen LogP contribution is -2.17. The maximum atomic E-state index is 11.6. The van der Waals surface area contributed by atoms with Crippen LogP contribution in [0.1, 0.15) is 162 Å². The Morgan fingerprint density at radius 1 is 0.576 bits per heavy atom. The Morgan fingerprint density at radius 3 is 1.55 bits per heavy atom. The third-order valence-corrected chi connectivity index (χ3v) is 6.90. The van der Waals surface area contributed by atoms with E-state index in [9.17, 15) is 15.0 Å². The average molecular weight is 467 g/mol. The molecule has 0 aromatic carbocycles. The van der Waals surface area contributed by atoms with Gasteiger partial charge in [0.05, 0.1) is 12.0 Å². The molecule has 33 heavy (non-hydrogen) atoms. The van der Waals surface area contributed by atoms with Crippen LogP contribution in [0.15, 0.2) is 12.2 Å². The fourth-order valence-electron chi connectivity index (χ4n) is 4.56. The van der Waals surface area contributed by atoms with Gasteiger partial charge in [0, 0.05) is 0 Å². The lowest BCUT2D eigenvalue weighted by Gasteiger charge is -2.15. The molecule has 0 amide bonds. The Kier molecular flexibility index (Phi) is 25.1. The van der Waals surface area contributed by atoms with Crippen LogP contribution in [0.2, 0.25) is 0 Å². The number of aliphatic hydroxyl groups excluding tert-OH is 1. The Balaban J connectivity index is 3.65. The number of allylic oxidation sites excluding steroid dienone is 2. The van der Waals surface area contributed by atoms with Crippen molar-refractivity contribution in [2.24, 2.45) is 5.92 Å². The molecular weight excluding hydrogens is 408 g/mol. The molecule has 0 aliphatic carbocycles. The van der Waals surface area contributed by atoms with Crippen LogP contribution in [-0.4, -0.2) is 22.3 Å². The van der Waals surface area contributed by atoms with Crippen molar-refractivity contribution >= 4 is 5.97 Å². The minimum Gasteiger partial charge on any atom is -0.481 e. The Morgan fingerprint density at radius 2 is 1.03 bits per heavy atom. The molecule has 2 atom stereocenters. The summed E-state index contributed by atoms with van der Waals surface area (Å²) < 4.78 is 0. The van der Waals surface area contributed by atoms with E-state index in [0.717, 1.165) is 38.5 Å². The first kappa shape index (κ1) is 32.2. The first-order valence-electron chi connectivity index (χ1n) is 14.7. The van der Waals surface area contributed by atoms with E-state index in [0.29, 0.717) is 12.8 Å². The number of carbonyl (C=O) groups is 1. The molecule has 3 nitrogen and oxygen atoms in total. The van der Waals surface area contributed by atoms with E-state index >= 15 is 0 Å². The quantitative estimate of drug-likeness (QED) is 0.0985. The van der Waals surface area contributed by atoms with Crippen molar-refractivity contribution in [3.05, 3.63) is 12.2 Å². The topological polar surface area (TPSA) is 57.5 Å². The molecule has 0 saturated carbocycles. The number of hydrogen-bond donors (Lipinski definition) is 2. The predicted octanol–water partition coefficient (Wildman–Crippen LogP) is 9.62. The molecule has 0 rings (SSSR count). The van der Waals surface area contributed by atoms with Gasteiger partial charge in [-0.2, -0.15) is 0 Å². The van der Waals surface area contributed by atoms with E-state index in [2.05, 4.69) is 26.0 Å². The molecule has 0 aliphatic heterocycles. The van der Waals surface area contributed by atoms with Crippen LogP contribution in [0.5, 0.6) is 0 Å². The molecule has 0 heterocycles. The highest BCUT2D eigenvalue weighted by atomic mass is 16.4. The van der Waals surface area contributed by atoms with Gasteiger partial charge in [-0.1, -0.05) is 122 Å². The van der Waals surface area contributed by atoms with Gasteiger partial charge in [-0.05, 0) is 51.4 Å². The molecule has 0 radical (unpaired) electrons. The Bertz CT molecular complexity index is 432. The fourth-order valence-corrected chi connectivity index (χ4v) is 4.56. The molecule has 0 aliphatic rings. The van der Waals surface area contributed by atoms with Crippen molar-refractivity contribution in [1.29, 1.82) is 0 Å². The second kappa shape index (κ2) is 25.8. The summed E-state index contributed by atoms with van der Waals surface area (Å²) in [5.74, 6) is -0.971. The molecule has 0 saturated heterocycles. The summed E-state index contributed by atoms with van der Waals surface area (Å²) in [4.78, 5) is 11.6. The summed E-state index contributed by atoms with van der Waals surface area (Å²) in [6, 6.07) is 0. The normalized spacial score (nSPS) is 13.5. The summed E-state index contributed by atoms with van der Waals surface area (Å²) in [6.45, 7) is 4.51. The van der Waals surface area contributed by atoms with Crippen LogP contribution < -0.4 is 0 Å². The molecule has 0 fully saturated rings. The van der Waals surface area contributed by atoms with Gasteiger partial charge in [0.1, 0.15) is 0 Å². The maximum absolute atomic E-state index is 11.6. The maximum Gasteiger partial charge on any atom is 0.306 e. The van der Waals surface area contributed by atoms with Crippen molar-refractivity contribution in [1.82, 2.24) is 0 Å². The molecule has 0 aromatic heterocycles. The van der Waals surface area contributed by atoms with Gasteiger partial charge >= 0.3 is 5.97 Å². The lowest BCUT2D eigenvalue weighted by molar-refractivity contribution is -0.142. The first-order chi connectivity index (χ1) is 16.1. The molecule has 0 aromatic rings. The van der Waals surface area contributed by atoms with E-state index in [1.807, 2.05) is 0 Å². The van der Waals surface area contributed by atoms with Gasteiger partial charge in [-0.15, -0.1) is 0 Å². The molecule has 0 bridgehead atoms. The van der Waals surface area contributed by atoms with Crippen LogP contribution in [0.3, 0.4) is 0 Å². The third kappa shape index (κ3) is 24.1.